The minimum atomic E-state index is 0.909. The smallest absolute Gasteiger partial charge is 0.145 e. The highest BCUT2D eigenvalue weighted by atomic mass is 16.3. The predicted octanol–water partition coefficient (Wildman–Crippen LogP) is 13.3. The van der Waals surface area contributed by atoms with Gasteiger partial charge in [-0.1, -0.05) is 103 Å². The lowest BCUT2D eigenvalue weighted by Crippen LogP contribution is -1.93. The fraction of sp³-hybridized carbons (Fsp3) is 0. The van der Waals surface area contributed by atoms with Gasteiger partial charge in [0.25, 0.3) is 0 Å². The van der Waals surface area contributed by atoms with E-state index in [1.807, 2.05) is 12.1 Å². The van der Waals surface area contributed by atoms with Gasteiger partial charge in [-0.3, -0.25) is 0 Å². The van der Waals surface area contributed by atoms with Crippen molar-refractivity contribution in [3.05, 3.63) is 170 Å². The Morgan fingerprint density at radius 1 is 0.308 bits per heavy atom. The van der Waals surface area contributed by atoms with E-state index >= 15 is 0 Å². The summed E-state index contributed by atoms with van der Waals surface area (Å²) in [4.78, 5) is 0. The third-order valence-electron chi connectivity index (χ3n) is 10.9. The van der Waals surface area contributed by atoms with Crippen LogP contribution >= 0.6 is 0 Å². The highest BCUT2D eigenvalue weighted by Crippen LogP contribution is 2.45. The van der Waals surface area contributed by atoms with Crippen molar-refractivity contribution in [1.82, 2.24) is 9.13 Å². The molecule has 0 atom stereocenters. The zero-order valence-electron chi connectivity index (χ0n) is 27.9. The molecule has 52 heavy (non-hydrogen) atoms. The number of benzene rings is 8. The monoisotopic (exact) mass is 664 g/mol. The standard InChI is InChI=1S/C48H28N2O2/c1-2-11-30(12-3-1)49-39-18-7-4-14-37(39)44-41(49)27-25-35-36-26-28-42-45(48(36)52-47(35)44)38-15-5-8-19-40(38)50(42)31-23-21-29(22-24-31)32-16-10-17-34-33-13-6-9-20-43(33)51-46(32)34/h1-28H. The summed E-state index contributed by atoms with van der Waals surface area (Å²) in [5.41, 5.74) is 12.7. The van der Waals surface area contributed by atoms with Crippen LogP contribution in [-0.4, -0.2) is 9.13 Å². The van der Waals surface area contributed by atoms with Crippen LogP contribution in [0, 0.1) is 0 Å². The van der Waals surface area contributed by atoms with Crippen molar-refractivity contribution in [1.29, 1.82) is 0 Å². The second-order valence-electron chi connectivity index (χ2n) is 13.6. The Balaban J connectivity index is 1.09. The van der Waals surface area contributed by atoms with Crippen LogP contribution in [0.2, 0.25) is 0 Å². The molecule has 4 heterocycles. The van der Waals surface area contributed by atoms with Gasteiger partial charge in [-0.15, -0.1) is 0 Å². The molecule has 4 heteroatoms. The molecule has 8 aromatic carbocycles. The Bertz CT molecular complexity index is 3390. The Morgan fingerprint density at radius 2 is 0.827 bits per heavy atom. The van der Waals surface area contributed by atoms with Crippen LogP contribution in [0.15, 0.2) is 179 Å². The summed E-state index contributed by atoms with van der Waals surface area (Å²) in [6, 6.07) is 60.4. The molecule has 0 saturated carbocycles. The molecule has 12 aromatic rings. The van der Waals surface area contributed by atoms with Gasteiger partial charge < -0.3 is 18.0 Å². The Morgan fingerprint density at radius 3 is 1.48 bits per heavy atom. The molecule has 0 spiro atoms. The van der Waals surface area contributed by atoms with E-state index in [4.69, 9.17) is 8.83 Å². The van der Waals surface area contributed by atoms with E-state index in [-0.39, 0.29) is 0 Å². The van der Waals surface area contributed by atoms with Crippen molar-refractivity contribution in [3.63, 3.8) is 0 Å². The molecule has 0 N–H and O–H groups in total. The Kier molecular flexibility index (Phi) is 5.47. The first-order valence-electron chi connectivity index (χ1n) is 17.7. The zero-order valence-corrected chi connectivity index (χ0v) is 27.9. The molecule has 0 aliphatic rings. The average Bonchev–Trinajstić information content (AvgIpc) is 3.95. The SMILES string of the molecule is c1ccc(-n2c3ccccc3c3c4oc5c(ccc6c5c5ccccc5n6-c5ccc(-c6cccc7c6oc6ccccc67)cc5)c4ccc32)cc1. The zero-order chi connectivity index (χ0) is 33.9. The molecule has 0 amide bonds. The third kappa shape index (κ3) is 3.65. The first kappa shape index (κ1) is 27.7. The van der Waals surface area contributed by atoms with Gasteiger partial charge >= 0.3 is 0 Å². The summed E-state index contributed by atoms with van der Waals surface area (Å²) in [6.45, 7) is 0. The van der Waals surface area contributed by atoms with E-state index < -0.39 is 0 Å². The molecule has 0 unspecified atom stereocenters. The number of hydrogen-bond donors (Lipinski definition) is 0. The highest BCUT2D eigenvalue weighted by molar-refractivity contribution is 6.29. The quantitative estimate of drug-likeness (QED) is 0.188. The molecule has 4 aromatic heterocycles. The number of nitrogens with zero attached hydrogens (tertiary/aromatic N) is 2. The fourth-order valence-electron chi connectivity index (χ4n) is 8.69. The Hall–Kier alpha value is -7.04. The normalized spacial score (nSPS) is 12.2. The van der Waals surface area contributed by atoms with Crippen molar-refractivity contribution in [3.8, 4) is 22.5 Å². The van der Waals surface area contributed by atoms with E-state index in [9.17, 15) is 0 Å². The molecule has 0 aliphatic carbocycles. The molecule has 242 valence electrons. The van der Waals surface area contributed by atoms with Crippen LogP contribution in [0.1, 0.15) is 0 Å². The van der Waals surface area contributed by atoms with Gasteiger partial charge in [-0.25, -0.2) is 0 Å². The fourth-order valence-corrected chi connectivity index (χ4v) is 8.69. The molecular weight excluding hydrogens is 637 g/mol. The van der Waals surface area contributed by atoms with Gasteiger partial charge in [0.2, 0.25) is 0 Å². The largest absolute Gasteiger partial charge is 0.455 e. The van der Waals surface area contributed by atoms with Gasteiger partial charge in [0, 0.05) is 49.3 Å². The number of rotatable bonds is 3. The number of hydrogen-bond acceptors (Lipinski definition) is 2. The summed E-state index contributed by atoms with van der Waals surface area (Å²) in [7, 11) is 0. The van der Waals surface area contributed by atoms with E-state index in [1.54, 1.807) is 0 Å². The summed E-state index contributed by atoms with van der Waals surface area (Å²) < 4.78 is 18.2. The Labute approximate surface area is 296 Å². The van der Waals surface area contributed by atoms with E-state index in [0.29, 0.717) is 0 Å². The van der Waals surface area contributed by atoms with Crippen LogP contribution in [0.25, 0.3) is 110 Å². The maximum Gasteiger partial charge on any atom is 0.145 e. The maximum absolute atomic E-state index is 7.10. The first-order valence-corrected chi connectivity index (χ1v) is 17.7. The molecule has 0 radical (unpaired) electrons. The molecule has 12 rings (SSSR count). The molecule has 0 fully saturated rings. The van der Waals surface area contributed by atoms with Gasteiger partial charge in [0.05, 0.1) is 32.8 Å². The average molecular weight is 665 g/mol. The van der Waals surface area contributed by atoms with E-state index in [1.165, 1.54) is 16.3 Å². The van der Waals surface area contributed by atoms with Crippen LogP contribution in [0.4, 0.5) is 0 Å². The van der Waals surface area contributed by atoms with Crippen molar-refractivity contribution in [2.45, 2.75) is 0 Å². The lowest BCUT2D eigenvalue weighted by molar-refractivity contribution is 0.670. The van der Waals surface area contributed by atoms with Crippen molar-refractivity contribution in [2.75, 3.05) is 0 Å². The second kappa shape index (κ2) is 10.3. The minimum Gasteiger partial charge on any atom is -0.455 e. The molecule has 0 aliphatic heterocycles. The number of aromatic nitrogens is 2. The molecule has 4 nitrogen and oxygen atoms in total. The summed E-state index contributed by atoms with van der Waals surface area (Å²) in [5, 5.41) is 9.14. The lowest BCUT2D eigenvalue weighted by Gasteiger charge is -2.09. The third-order valence-corrected chi connectivity index (χ3v) is 10.9. The van der Waals surface area contributed by atoms with E-state index in [2.05, 4.69) is 167 Å². The molecular formula is C48H28N2O2. The number of para-hydroxylation sites is 5. The van der Waals surface area contributed by atoms with Crippen LogP contribution in [-0.2, 0) is 0 Å². The molecule has 0 bridgehead atoms. The van der Waals surface area contributed by atoms with E-state index in [0.717, 1.165) is 93.7 Å². The second-order valence-corrected chi connectivity index (χ2v) is 13.6. The summed E-state index contributed by atoms with van der Waals surface area (Å²) >= 11 is 0. The summed E-state index contributed by atoms with van der Waals surface area (Å²) in [5.74, 6) is 0. The number of fused-ring (bicyclic) bond motifs is 14. The van der Waals surface area contributed by atoms with Crippen LogP contribution in [0.5, 0.6) is 0 Å². The van der Waals surface area contributed by atoms with Crippen molar-refractivity contribution < 1.29 is 8.83 Å². The predicted molar refractivity (Wildman–Crippen MR) is 215 cm³/mol. The van der Waals surface area contributed by atoms with Crippen molar-refractivity contribution in [2.24, 2.45) is 0 Å². The van der Waals surface area contributed by atoms with Crippen LogP contribution in [0.3, 0.4) is 0 Å². The molecule has 0 saturated heterocycles. The maximum atomic E-state index is 7.10. The van der Waals surface area contributed by atoms with Gasteiger partial charge in [-0.2, -0.15) is 0 Å². The highest BCUT2D eigenvalue weighted by Gasteiger charge is 2.22. The first-order chi connectivity index (χ1) is 25.8. The van der Waals surface area contributed by atoms with Crippen molar-refractivity contribution >= 4 is 87.5 Å². The van der Waals surface area contributed by atoms with Gasteiger partial charge in [-0.05, 0) is 72.3 Å². The van der Waals surface area contributed by atoms with Crippen LogP contribution < -0.4 is 0 Å². The number of furan rings is 2. The van der Waals surface area contributed by atoms with Gasteiger partial charge in [0.1, 0.15) is 22.3 Å². The lowest BCUT2D eigenvalue weighted by atomic mass is 10.0. The summed E-state index contributed by atoms with van der Waals surface area (Å²) in [6.07, 6.45) is 0. The topological polar surface area (TPSA) is 36.1 Å². The van der Waals surface area contributed by atoms with Gasteiger partial charge in [0.15, 0.2) is 0 Å². The minimum absolute atomic E-state index is 0.909.